The molecule has 3 N–H and O–H groups in total. The van der Waals surface area contributed by atoms with Crippen LogP contribution >= 0.6 is 0 Å². The Kier molecular flexibility index (Phi) is 7.55. The van der Waals surface area contributed by atoms with Crippen molar-refractivity contribution >= 4 is 34.4 Å². The van der Waals surface area contributed by atoms with Gasteiger partial charge in [0, 0.05) is 35.5 Å². The van der Waals surface area contributed by atoms with E-state index in [1.54, 1.807) is 11.0 Å². The van der Waals surface area contributed by atoms with Crippen LogP contribution in [-0.2, 0) is 20.1 Å². The van der Waals surface area contributed by atoms with Crippen molar-refractivity contribution in [1.29, 1.82) is 0 Å². The molecule has 2 fully saturated rings. The first-order valence-electron chi connectivity index (χ1n) is 15.0. The van der Waals surface area contributed by atoms with Gasteiger partial charge in [-0.1, -0.05) is 30.3 Å². The highest BCUT2D eigenvalue weighted by atomic mass is 19.1. The summed E-state index contributed by atoms with van der Waals surface area (Å²) in [6.07, 6.45) is 4.08. The average molecular weight is 575 g/mol. The zero-order valence-corrected chi connectivity index (χ0v) is 24.2. The molecule has 2 aromatic carbocycles. The summed E-state index contributed by atoms with van der Waals surface area (Å²) in [7, 11) is 0. The van der Waals surface area contributed by atoms with Gasteiger partial charge in [-0.15, -0.1) is 0 Å². The first-order valence-corrected chi connectivity index (χ1v) is 15.0. The predicted molar refractivity (Wildman–Crippen MR) is 159 cm³/mol. The minimum absolute atomic E-state index is 0.0196. The number of fused-ring (bicyclic) bond motifs is 3. The van der Waals surface area contributed by atoms with Crippen molar-refractivity contribution in [2.24, 2.45) is 17.6 Å². The second kappa shape index (κ2) is 11.2. The molecule has 2 amide bonds. The monoisotopic (exact) mass is 574 g/mol. The smallest absolute Gasteiger partial charge is 0.357 e. The topological polar surface area (TPSA) is 107 Å². The molecule has 3 aromatic rings. The van der Waals surface area contributed by atoms with Crippen LogP contribution in [0.1, 0.15) is 74.3 Å². The van der Waals surface area contributed by atoms with E-state index in [1.807, 2.05) is 66.9 Å². The number of carbonyl (C=O) groups is 3. The molecule has 9 heteroatoms. The van der Waals surface area contributed by atoms with Crippen molar-refractivity contribution in [2.45, 2.75) is 76.1 Å². The lowest BCUT2D eigenvalue weighted by Crippen LogP contribution is -2.48. The molecule has 8 nitrogen and oxygen atoms in total. The number of nitrogens with zero attached hydrogens (tertiary/aromatic N) is 2. The fourth-order valence-electron chi connectivity index (χ4n) is 7.37. The fraction of sp³-hybridized carbons (Fsp3) is 0.485. The second-order valence-corrected chi connectivity index (χ2v) is 12.5. The number of esters is 1. The molecule has 1 saturated carbocycles. The average Bonchev–Trinajstić information content (AvgIpc) is 3.65. The summed E-state index contributed by atoms with van der Waals surface area (Å²) in [6, 6.07) is 16.5. The van der Waals surface area contributed by atoms with Gasteiger partial charge in [0.05, 0.1) is 12.2 Å². The number of cyclic esters (lactones) is 1. The normalized spacial score (nSPS) is 25.7. The summed E-state index contributed by atoms with van der Waals surface area (Å²) in [6.45, 7) is 3.78. The summed E-state index contributed by atoms with van der Waals surface area (Å²) in [5, 5.41) is 3.91. The van der Waals surface area contributed by atoms with Crippen LogP contribution in [0.2, 0.25) is 0 Å². The van der Waals surface area contributed by atoms with Gasteiger partial charge in [0.2, 0.25) is 11.8 Å². The Bertz CT molecular complexity index is 1490. The van der Waals surface area contributed by atoms with Crippen molar-refractivity contribution in [3.05, 3.63) is 65.9 Å². The number of nitrogens with two attached hydrogens (primary N) is 1. The van der Waals surface area contributed by atoms with Crippen molar-refractivity contribution in [2.75, 3.05) is 18.5 Å². The Balaban J connectivity index is 1.23. The molecule has 222 valence electrons. The maximum absolute atomic E-state index is 14.0. The molecule has 3 aliphatic rings. The summed E-state index contributed by atoms with van der Waals surface area (Å²) < 4.78 is 20.2. The van der Waals surface area contributed by atoms with E-state index in [9.17, 15) is 18.8 Å². The molecule has 1 aromatic heterocycles. The Labute approximate surface area is 245 Å². The maximum atomic E-state index is 14.0. The molecule has 0 unspecified atom stereocenters. The highest BCUT2D eigenvalue weighted by Gasteiger charge is 2.45. The molecule has 42 heavy (non-hydrogen) atoms. The van der Waals surface area contributed by atoms with Crippen LogP contribution in [0.5, 0.6) is 0 Å². The number of alkyl halides is 1. The molecule has 1 aliphatic carbocycles. The molecule has 0 radical (unpaired) electrons. The van der Waals surface area contributed by atoms with Gasteiger partial charge in [-0.3, -0.25) is 18.5 Å². The molecule has 3 heterocycles. The van der Waals surface area contributed by atoms with Gasteiger partial charge in [-0.25, -0.2) is 4.79 Å². The predicted octanol–water partition coefficient (Wildman–Crippen LogP) is 5.32. The Hall–Kier alpha value is -3.72. The lowest BCUT2D eigenvalue weighted by Gasteiger charge is -2.35. The Morgan fingerprint density at radius 3 is 2.52 bits per heavy atom. The first kappa shape index (κ1) is 28.4. The standard InChI is InChI=1S/C33H39FN4O4/c1-33(2)38-27-13-12-24(18-23(27)19-28(38)32(41)42-33)36-30(39)29-25(20-6-4-3-5-7-20)15-17-37(29)31(40)22-10-8-21(9-11-22)26(35)14-16-34/h3-7,12-13,18-19,21-22,25-26,29H,8-11,14-17,35H2,1-2H3,(H,36,39)/t21?,22?,25-,26-,29+/m1/s1. The number of hydrogen-bond donors (Lipinski definition) is 2. The molecule has 0 spiro atoms. The van der Waals surface area contributed by atoms with Gasteiger partial charge in [-0.05, 0) is 88.1 Å². The van der Waals surface area contributed by atoms with Gasteiger partial charge >= 0.3 is 5.97 Å². The van der Waals surface area contributed by atoms with E-state index < -0.39 is 18.4 Å². The SMILES string of the molecule is CC1(C)OC(=O)c2cc3cc(NC(=O)[C@@H]4[C@@H](c5ccccc5)CCN4C(=O)C4CCC([C@H](N)CCF)CC4)ccc3n21. The third-order valence-corrected chi connectivity index (χ3v) is 9.51. The van der Waals surface area contributed by atoms with E-state index in [-0.39, 0.29) is 41.6 Å². The number of rotatable bonds is 7. The summed E-state index contributed by atoms with van der Waals surface area (Å²) in [4.78, 5) is 42.1. The number of carbonyl (C=O) groups excluding carboxylic acids is 3. The van der Waals surface area contributed by atoms with Gasteiger partial charge < -0.3 is 20.7 Å². The zero-order chi connectivity index (χ0) is 29.6. The van der Waals surface area contributed by atoms with Crippen LogP contribution in [0.15, 0.2) is 54.6 Å². The van der Waals surface area contributed by atoms with Crippen molar-refractivity contribution in [1.82, 2.24) is 9.47 Å². The van der Waals surface area contributed by atoms with E-state index >= 15 is 0 Å². The highest BCUT2D eigenvalue weighted by molar-refractivity contribution is 6.02. The highest BCUT2D eigenvalue weighted by Crippen LogP contribution is 2.39. The molecule has 2 aliphatic heterocycles. The van der Waals surface area contributed by atoms with E-state index in [2.05, 4.69) is 5.32 Å². The van der Waals surface area contributed by atoms with Crippen LogP contribution in [0.25, 0.3) is 10.9 Å². The van der Waals surface area contributed by atoms with Crippen molar-refractivity contribution < 1.29 is 23.5 Å². The van der Waals surface area contributed by atoms with Crippen molar-refractivity contribution in [3.8, 4) is 0 Å². The number of benzene rings is 2. The lowest BCUT2D eigenvalue weighted by molar-refractivity contribution is -0.141. The number of amides is 2. The number of likely N-dealkylation sites (tertiary alicyclic amines) is 1. The van der Waals surface area contributed by atoms with Gasteiger partial charge in [-0.2, -0.15) is 0 Å². The number of anilines is 1. The lowest BCUT2D eigenvalue weighted by atomic mass is 9.77. The van der Waals surface area contributed by atoms with Gasteiger partial charge in [0.1, 0.15) is 11.7 Å². The van der Waals surface area contributed by atoms with Crippen LogP contribution < -0.4 is 11.1 Å². The molecular formula is C33H39FN4O4. The largest absolute Gasteiger partial charge is 0.434 e. The minimum Gasteiger partial charge on any atom is -0.434 e. The summed E-state index contributed by atoms with van der Waals surface area (Å²) >= 11 is 0. The van der Waals surface area contributed by atoms with Crippen LogP contribution in [-0.4, -0.2) is 52.6 Å². The molecule has 1 saturated heterocycles. The maximum Gasteiger partial charge on any atom is 0.357 e. The third-order valence-electron chi connectivity index (χ3n) is 9.51. The van der Waals surface area contributed by atoms with Gasteiger partial charge in [0.25, 0.3) is 0 Å². The van der Waals surface area contributed by atoms with Crippen LogP contribution in [0, 0.1) is 11.8 Å². The Morgan fingerprint density at radius 2 is 1.81 bits per heavy atom. The number of hydrogen-bond acceptors (Lipinski definition) is 5. The third kappa shape index (κ3) is 5.08. The number of ether oxygens (including phenoxy) is 1. The molecule has 6 rings (SSSR count). The van der Waals surface area contributed by atoms with E-state index in [0.717, 1.165) is 29.3 Å². The summed E-state index contributed by atoms with van der Waals surface area (Å²) in [5.41, 5.74) is 8.37. The first-order chi connectivity index (χ1) is 20.2. The van der Waals surface area contributed by atoms with E-state index in [4.69, 9.17) is 10.5 Å². The number of aromatic nitrogens is 1. The van der Waals surface area contributed by atoms with Gasteiger partial charge in [0.15, 0.2) is 5.72 Å². The second-order valence-electron chi connectivity index (χ2n) is 12.5. The van der Waals surface area contributed by atoms with E-state index in [0.29, 0.717) is 43.6 Å². The zero-order valence-electron chi connectivity index (χ0n) is 24.2. The Morgan fingerprint density at radius 1 is 1.07 bits per heavy atom. The minimum atomic E-state index is -0.788. The molecule has 3 atom stereocenters. The van der Waals surface area contributed by atoms with Crippen LogP contribution in [0.4, 0.5) is 10.1 Å². The quantitative estimate of drug-likeness (QED) is 0.372. The van der Waals surface area contributed by atoms with E-state index in [1.165, 1.54) is 0 Å². The molecule has 0 bridgehead atoms. The summed E-state index contributed by atoms with van der Waals surface area (Å²) in [5.74, 6) is -0.622. The van der Waals surface area contributed by atoms with Crippen LogP contribution in [0.3, 0.4) is 0 Å². The van der Waals surface area contributed by atoms with Crippen molar-refractivity contribution in [3.63, 3.8) is 0 Å². The fourth-order valence-corrected chi connectivity index (χ4v) is 7.37. The number of halogens is 1. The molecular weight excluding hydrogens is 535 g/mol. The number of nitrogens with one attached hydrogen (secondary N) is 1.